The van der Waals surface area contributed by atoms with E-state index in [4.69, 9.17) is 9.26 Å². The molecule has 0 spiro atoms. The lowest BCUT2D eigenvalue weighted by atomic mass is 10.0. The number of hydrogen-bond donors (Lipinski definition) is 1. The molecule has 2 aromatic rings. The van der Waals surface area contributed by atoms with E-state index in [-0.39, 0.29) is 24.8 Å². The molecule has 1 amide bonds. The van der Waals surface area contributed by atoms with Crippen molar-refractivity contribution >= 4 is 5.91 Å². The average Bonchev–Trinajstić information content (AvgIpc) is 3.15. The number of aliphatic hydroxyl groups is 1. The number of aromatic nitrogens is 1. The smallest absolute Gasteiger partial charge is 0.260 e. The number of halogens is 2. The molecular formula is C17H18F2N2O4. The quantitative estimate of drug-likeness (QED) is 0.910. The summed E-state index contributed by atoms with van der Waals surface area (Å²) in [4.78, 5) is 13.9. The zero-order valence-corrected chi connectivity index (χ0v) is 13.8. The minimum Gasteiger partial charge on any atom is -0.496 e. The van der Waals surface area contributed by atoms with Crippen LogP contribution in [-0.4, -0.2) is 47.4 Å². The standard InChI is InChI=1S/C17H18F2N2O4/c1-9-5-11(25-20-9)6-10-7-21(8-13(10)22)17(23)15-14(24-2)4-3-12(18)16(15)19/h3-5,10,13,22H,6-8H2,1-2H3/t10-,13+/m1/s1. The summed E-state index contributed by atoms with van der Waals surface area (Å²) in [5.41, 5.74) is 0.257. The maximum atomic E-state index is 14.1. The van der Waals surface area contributed by atoms with Crippen molar-refractivity contribution < 1.29 is 27.9 Å². The monoisotopic (exact) mass is 352 g/mol. The normalized spacial score (nSPS) is 20.1. The fourth-order valence-electron chi connectivity index (χ4n) is 3.05. The molecule has 1 aliphatic heterocycles. The van der Waals surface area contributed by atoms with E-state index in [9.17, 15) is 18.7 Å². The second-order valence-corrected chi connectivity index (χ2v) is 6.11. The molecule has 3 rings (SSSR count). The van der Waals surface area contributed by atoms with E-state index in [1.54, 1.807) is 13.0 Å². The SMILES string of the molecule is COc1ccc(F)c(F)c1C(=O)N1C[C@@H](Cc2cc(C)no2)[C@@H](O)C1. The number of hydrogen-bond acceptors (Lipinski definition) is 5. The van der Waals surface area contributed by atoms with E-state index in [2.05, 4.69) is 5.16 Å². The van der Waals surface area contributed by atoms with Crippen molar-refractivity contribution in [3.63, 3.8) is 0 Å². The summed E-state index contributed by atoms with van der Waals surface area (Å²) in [6.07, 6.45) is -0.397. The highest BCUT2D eigenvalue weighted by molar-refractivity contribution is 5.97. The zero-order valence-electron chi connectivity index (χ0n) is 13.8. The van der Waals surface area contributed by atoms with Crippen molar-refractivity contribution in [2.75, 3.05) is 20.2 Å². The third-order valence-corrected chi connectivity index (χ3v) is 4.32. The number of carbonyl (C=O) groups is 1. The van der Waals surface area contributed by atoms with E-state index >= 15 is 0 Å². The third kappa shape index (κ3) is 3.34. The van der Waals surface area contributed by atoms with Crippen molar-refractivity contribution in [1.29, 1.82) is 0 Å². The van der Waals surface area contributed by atoms with E-state index in [1.165, 1.54) is 18.1 Å². The first-order valence-electron chi connectivity index (χ1n) is 7.82. The van der Waals surface area contributed by atoms with Gasteiger partial charge < -0.3 is 19.3 Å². The molecule has 6 nitrogen and oxygen atoms in total. The number of aryl methyl sites for hydroxylation is 1. The molecule has 1 fully saturated rings. The van der Waals surface area contributed by atoms with E-state index in [1.807, 2.05) is 0 Å². The highest BCUT2D eigenvalue weighted by atomic mass is 19.2. The van der Waals surface area contributed by atoms with Gasteiger partial charge in [0.2, 0.25) is 0 Å². The second kappa shape index (κ2) is 6.79. The van der Waals surface area contributed by atoms with E-state index in [0.29, 0.717) is 12.2 Å². The first-order chi connectivity index (χ1) is 11.9. The van der Waals surface area contributed by atoms with Gasteiger partial charge in [-0.1, -0.05) is 5.16 Å². The number of β-amino-alcohol motifs (C(OH)–C–C–N with tert-alkyl or cyclic N) is 1. The third-order valence-electron chi connectivity index (χ3n) is 4.32. The van der Waals surface area contributed by atoms with Crippen LogP contribution >= 0.6 is 0 Å². The molecule has 134 valence electrons. The Morgan fingerprint density at radius 3 is 2.84 bits per heavy atom. The fraction of sp³-hybridized carbons (Fsp3) is 0.412. The number of amides is 1. The van der Waals surface area contributed by atoms with Gasteiger partial charge in [0.25, 0.3) is 5.91 Å². The molecule has 0 radical (unpaired) electrons. The number of methoxy groups -OCH3 is 1. The van der Waals surface area contributed by atoms with Gasteiger partial charge in [0.1, 0.15) is 17.1 Å². The molecule has 0 aliphatic carbocycles. The first kappa shape index (κ1) is 17.3. The Morgan fingerprint density at radius 2 is 2.20 bits per heavy atom. The van der Waals surface area contributed by atoms with Crippen LogP contribution in [0.2, 0.25) is 0 Å². The summed E-state index contributed by atoms with van der Waals surface area (Å²) in [5.74, 6) is -2.83. The Balaban J connectivity index is 1.79. The van der Waals surface area contributed by atoms with Gasteiger partial charge in [0.15, 0.2) is 11.6 Å². The molecule has 1 aromatic carbocycles. The Labute approximate surface area is 143 Å². The molecule has 8 heteroatoms. The van der Waals surface area contributed by atoms with Crippen molar-refractivity contribution in [3.05, 3.63) is 46.9 Å². The Morgan fingerprint density at radius 1 is 1.44 bits per heavy atom. The highest BCUT2D eigenvalue weighted by Gasteiger charge is 2.37. The zero-order chi connectivity index (χ0) is 18.1. The minimum atomic E-state index is -1.26. The van der Waals surface area contributed by atoms with Crippen LogP contribution in [0.25, 0.3) is 0 Å². The topological polar surface area (TPSA) is 75.8 Å². The number of nitrogens with zero attached hydrogens (tertiary/aromatic N) is 2. The molecule has 2 atom stereocenters. The van der Waals surface area contributed by atoms with Gasteiger partial charge >= 0.3 is 0 Å². The predicted octanol–water partition coefficient (Wildman–Crippen LogP) is 1.95. The summed E-state index contributed by atoms with van der Waals surface area (Å²) in [7, 11) is 1.28. The summed E-state index contributed by atoms with van der Waals surface area (Å²) >= 11 is 0. The number of aliphatic hydroxyl groups excluding tert-OH is 1. The molecule has 0 unspecified atom stereocenters. The van der Waals surface area contributed by atoms with Crippen LogP contribution in [0.15, 0.2) is 22.7 Å². The van der Waals surface area contributed by atoms with E-state index in [0.717, 1.165) is 11.8 Å². The lowest BCUT2D eigenvalue weighted by Gasteiger charge is -2.18. The maximum Gasteiger partial charge on any atom is 0.260 e. The van der Waals surface area contributed by atoms with Crippen LogP contribution in [0.1, 0.15) is 21.8 Å². The van der Waals surface area contributed by atoms with Crippen LogP contribution in [0.4, 0.5) is 8.78 Å². The molecule has 1 aliphatic rings. The molecule has 1 aromatic heterocycles. The van der Waals surface area contributed by atoms with Crippen molar-refractivity contribution in [3.8, 4) is 5.75 Å². The van der Waals surface area contributed by atoms with Crippen molar-refractivity contribution in [1.82, 2.24) is 10.1 Å². The predicted molar refractivity (Wildman–Crippen MR) is 83.3 cm³/mol. The van der Waals surface area contributed by atoms with Crippen molar-refractivity contribution in [2.45, 2.75) is 19.4 Å². The maximum absolute atomic E-state index is 14.1. The molecule has 1 saturated heterocycles. The van der Waals surface area contributed by atoms with Crippen LogP contribution in [-0.2, 0) is 6.42 Å². The van der Waals surface area contributed by atoms with Crippen LogP contribution in [0.5, 0.6) is 5.75 Å². The van der Waals surface area contributed by atoms with Gasteiger partial charge in [0.05, 0.1) is 18.9 Å². The molecule has 1 N–H and O–H groups in total. The minimum absolute atomic E-state index is 0.0235. The van der Waals surface area contributed by atoms with Crippen LogP contribution in [0, 0.1) is 24.5 Å². The Bertz CT molecular complexity index is 793. The average molecular weight is 352 g/mol. The van der Waals surface area contributed by atoms with Gasteiger partial charge in [-0.2, -0.15) is 0 Å². The van der Waals surface area contributed by atoms with Crippen molar-refractivity contribution in [2.24, 2.45) is 5.92 Å². The molecular weight excluding hydrogens is 334 g/mol. The van der Waals surface area contributed by atoms with Gasteiger partial charge in [-0.3, -0.25) is 4.79 Å². The number of benzene rings is 1. The molecule has 25 heavy (non-hydrogen) atoms. The molecule has 0 saturated carbocycles. The first-order valence-corrected chi connectivity index (χ1v) is 7.82. The van der Waals surface area contributed by atoms with Gasteiger partial charge in [-0.05, 0) is 19.1 Å². The lowest BCUT2D eigenvalue weighted by molar-refractivity contribution is 0.0755. The highest BCUT2D eigenvalue weighted by Crippen LogP contribution is 2.29. The fourth-order valence-corrected chi connectivity index (χ4v) is 3.05. The number of rotatable bonds is 4. The van der Waals surface area contributed by atoms with Gasteiger partial charge in [-0.15, -0.1) is 0 Å². The van der Waals surface area contributed by atoms with Gasteiger partial charge in [-0.25, -0.2) is 8.78 Å². The number of likely N-dealkylation sites (tertiary alicyclic amines) is 1. The van der Waals surface area contributed by atoms with Crippen LogP contribution in [0.3, 0.4) is 0 Å². The Kier molecular flexibility index (Phi) is 4.71. The second-order valence-electron chi connectivity index (χ2n) is 6.11. The molecule has 0 bridgehead atoms. The largest absolute Gasteiger partial charge is 0.496 e. The van der Waals surface area contributed by atoms with Crippen LogP contribution < -0.4 is 4.74 Å². The molecule has 2 heterocycles. The summed E-state index contributed by atoms with van der Waals surface area (Å²) in [5, 5.41) is 14.0. The lowest BCUT2D eigenvalue weighted by Crippen LogP contribution is -2.31. The summed E-state index contributed by atoms with van der Waals surface area (Å²) < 4.78 is 37.7. The summed E-state index contributed by atoms with van der Waals surface area (Å²) in [6, 6.07) is 3.86. The van der Waals surface area contributed by atoms with Gasteiger partial charge in [0, 0.05) is 31.5 Å². The summed E-state index contributed by atoms with van der Waals surface area (Å²) in [6.45, 7) is 2.00. The van der Waals surface area contributed by atoms with E-state index < -0.39 is 29.2 Å². The Hall–Kier alpha value is -2.48. The number of carbonyl (C=O) groups excluding carboxylic acids is 1. The number of ether oxygens (including phenoxy) is 1.